The number of para-hydroxylation sites is 1. The molecular weight excluding hydrogens is 274 g/mol. The Morgan fingerprint density at radius 2 is 1.77 bits per heavy atom. The van der Waals surface area contributed by atoms with E-state index in [0.29, 0.717) is 13.2 Å². The molecule has 118 valence electrons. The van der Waals surface area contributed by atoms with Crippen LogP contribution in [0, 0.1) is 13.8 Å². The number of benzene rings is 2. The van der Waals surface area contributed by atoms with E-state index in [4.69, 9.17) is 9.47 Å². The summed E-state index contributed by atoms with van der Waals surface area (Å²) >= 11 is 0. The third-order valence-electron chi connectivity index (χ3n) is 3.74. The monoisotopic (exact) mass is 299 g/mol. The van der Waals surface area contributed by atoms with Gasteiger partial charge >= 0.3 is 0 Å². The molecule has 0 atom stereocenters. The number of nitrogens with one attached hydrogen (secondary N) is 1. The minimum atomic E-state index is 0.578. The minimum absolute atomic E-state index is 0.578. The maximum atomic E-state index is 5.82. The largest absolute Gasteiger partial charge is 0.491 e. The average Bonchev–Trinajstić information content (AvgIpc) is 2.54. The summed E-state index contributed by atoms with van der Waals surface area (Å²) < 4.78 is 11.1. The van der Waals surface area contributed by atoms with Crippen LogP contribution in [0.4, 0.5) is 5.69 Å². The van der Waals surface area contributed by atoms with Gasteiger partial charge in [-0.2, -0.15) is 0 Å². The maximum Gasteiger partial charge on any atom is 0.124 e. The molecule has 0 unspecified atom stereocenters. The van der Waals surface area contributed by atoms with Crippen molar-refractivity contribution in [1.29, 1.82) is 0 Å². The number of ether oxygens (including phenoxy) is 2. The highest BCUT2D eigenvalue weighted by Gasteiger charge is 2.05. The van der Waals surface area contributed by atoms with Crippen molar-refractivity contribution in [2.75, 3.05) is 25.1 Å². The fraction of sp³-hybridized carbons (Fsp3) is 0.368. The van der Waals surface area contributed by atoms with E-state index in [1.54, 1.807) is 0 Å². The fourth-order valence-corrected chi connectivity index (χ4v) is 2.28. The lowest BCUT2D eigenvalue weighted by Crippen LogP contribution is -2.09. The highest BCUT2D eigenvalue weighted by atomic mass is 16.5. The normalized spacial score (nSPS) is 10.5. The molecule has 0 amide bonds. The Bertz CT molecular complexity index is 596. The van der Waals surface area contributed by atoms with Crippen molar-refractivity contribution in [3.63, 3.8) is 0 Å². The van der Waals surface area contributed by atoms with Crippen LogP contribution in [0.1, 0.15) is 23.6 Å². The Morgan fingerprint density at radius 1 is 0.955 bits per heavy atom. The van der Waals surface area contributed by atoms with Crippen LogP contribution in [0.3, 0.4) is 0 Å². The van der Waals surface area contributed by atoms with Crippen LogP contribution in [-0.2, 0) is 11.3 Å². The molecule has 2 rings (SSSR count). The Labute approximate surface area is 133 Å². The summed E-state index contributed by atoms with van der Waals surface area (Å²) in [5.41, 5.74) is 4.91. The van der Waals surface area contributed by atoms with Crippen LogP contribution < -0.4 is 10.1 Å². The van der Waals surface area contributed by atoms with Crippen LogP contribution in [0.25, 0.3) is 0 Å². The zero-order valence-electron chi connectivity index (χ0n) is 13.7. The van der Waals surface area contributed by atoms with Crippen LogP contribution in [0.2, 0.25) is 0 Å². The molecular formula is C19H25NO2. The van der Waals surface area contributed by atoms with Gasteiger partial charge in [-0.15, -0.1) is 0 Å². The second-order valence-corrected chi connectivity index (χ2v) is 5.25. The van der Waals surface area contributed by atoms with Gasteiger partial charge in [0.25, 0.3) is 0 Å². The zero-order valence-corrected chi connectivity index (χ0v) is 13.7. The second-order valence-electron chi connectivity index (χ2n) is 5.25. The predicted molar refractivity (Wildman–Crippen MR) is 91.7 cm³/mol. The third-order valence-corrected chi connectivity index (χ3v) is 3.74. The summed E-state index contributed by atoms with van der Waals surface area (Å²) in [5, 5.41) is 3.50. The minimum Gasteiger partial charge on any atom is -0.491 e. The number of hydrogen-bond acceptors (Lipinski definition) is 3. The summed E-state index contributed by atoms with van der Waals surface area (Å²) in [7, 11) is 0. The topological polar surface area (TPSA) is 30.5 Å². The average molecular weight is 299 g/mol. The van der Waals surface area contributed by atoms with Crippen molar-refractivity contribution in [1.82, 2.24) is 0 Å². The van der Waals surface area contributed by atoms with E-state index in [0.717, 1.165) is 24.5 Å². The molecule has 0 radical (unpaired) electrons. The van der Waals surface area contributed by atoms with Crippen LogP contribution in [0.15, 0.2) is 42.5 Å². The first-order valence-electron chi connectivity index (χ1n) is 7.81. The van der Waals surface area contributed by atoms with E-state index in [2.05, 4.69) is 43.4 Å². The molecule has 22 heavy (non-hydrogen) atoms. The molecule has 0 saturated heterocycles. The van der Waals surface area contributed by atoms with Gasteiger partial charge in [0.2, 0.25) is 0 Å². The van der Waals surface area contributed by atoms with Crippen molar-refractivity contribution in [2.45, 2.75) is 27.3 Å². The van der Waals surface area contributed by atoms with Crippen molar-refractivity contribution in [2.24, 2.45) is 0 Å². The molecule has 3 nitrogen and oxygen atoms in total. The molecule has 0 aromatic heterocycles. The van der Waals surface area contributed by atoms with Crippen molar-refractivity contribution in [3.8, 4) is 5.75 Å². The highest BCUT2D eigenvalue weighted by molar-refractivity contribution is 5.54. The fourth-order valence-electron chi connectivity index (χ4n) is 2.28. The van der Waals surface area contributed by atoms with Gasteiger partial charge in [0.15, 0.2) is 0 Å². The molecule has 2 aromatic rings. The first-order valence-corrected chi connectivity index (χ1v) is 7.81. The molecule has 0 heterocycles. The first kappa shape index (κ1) is 16.4. The summed E-state index contributed by atoms with van der Waals surface area (Å²) in [6.07, 6.45) is 0. The maximum absolute atomic E-state index is 5.82. The Balaban J connectivity index is 1.99. The smallest absolute Gasteiger partial charge is 0.124 e. The summed E-state index contributed by atoms with van der Waals surface area (Å²) in [4.78, 5) is 0. The molecule has 0 bridgehead atoms. The molecule has 0 aliphatic carbocycles. The Morgan fingerprint density at radius 3 is 2.59 bits per heavy atom. The SMILES string of the molecule is CCOCCOc1ccccc1CNc1cccc(C)c1C. The number of aryl methyl sites for hydroxylation is 1. The van der Waals surface area contributed by atoms with Gasteiger partial charge in [-0.3, -0.25) is 0 Å². The lowest BCUT2D eigenvalue weighted by atomic mass is 10.1. The molecule has 0 aliphatic rings. The van der Waals surface area contributed by atoms with Gasteiger partial charge in [-0.25, -0.2) is 0 Å². The molecule has 2 aromatic carbocycles. The zero-order chi connectivity index (χ0) is 15.8. The van der Waals surface area contributed by atoms with E-state index in [9.17, 15) is 0 Å². The van der Waals surface area contributed by atoms with Gasteiger partial charge in [-0.1, -0.05) is 30.3 Å². The standard InChI is InChI=1S/C19H25NO2/c1-4-21-12-13-22-19-11-6-5-9-17(19)14-20-18-10-7-8-15(2)16(18)3/h5-11,20H,4,12-14H2,1-3H3. The van der Waals surface area contributed by atoms with Crippen molar-refractivity contribution >= 4 is 5.69 Å². The van der Waals surface area contributed by atoms with Crippen molar-refractivity contribution < 1.29 is 9.47 Å². The van der Waals surface area contributed by atoms with Gasteiger partial charge in [0, 0.05) is 24.4 Å². The van der Waals surface area contributed by atoms with Gasteiger partial charge in [0.05, 0.1) is 6.61 Å². The lowest BCUT2D eigenvalue weighted by Gasteiger charge is -2.14. The number of anilines is 1. The van der Waals surface area contributed by atoms with E-state index >= 15 is 0 Å². The van der Waals surface area contributed by atoms with Gasteiger partial charge < -0.3 is 14.8 Å². The van der Waals surface area contributed by atoms with E-state index < -0.39 is 0 Å². The van der Waals surface area contributed by atoms with E-state index in [1.165, 1.54) is 16.8 Å². The van der Waals surface area contributed by atoms with Gasteiger partial charge in [-0.05, 0) is 44.0 Å². The third kappa shape index (κ3) is 4.50. The quantitative estimate of drug-likeness (QED) is 0.736. The Hall–Kier alpha value is -2.00. The van der Waals surface area contributed by atoms with Crippen LogP contribution in [-0.4, -0.2) is 19.8 Å². The highest BCUT2D eigenvalue weighted by Crippen LogP contribution is 2.22. The summed E-state index contributed by atoms with van der Waals surface area (Å²) in [5.74, 6) is 0.917. The second kappa shape index (κ2) is 8.44. The molecule has 0 spiro atoms. The van der Waals surface area contributed by atoms with E-state index in [1.807, 2.05) is 25.1 Å². The Kier molecular flexibility index (Phi) is 6.28. The van der Waals surface area contributed by atoms with E-state index in [-0.39, 0.29) is 0 Å². The van der Waals surface area contributed by atoms with Crippen LogP contribution >= 0.6 is 0 Å². The van der Waals surface area contributed by atoms with Crippen molar-refractivity contribution in [3.05, 3.63) is 59.2 Å². The molecule has 3 heteroatoms. The molecule has 0 fully saturated rings. The molecule has 1 N–H and O–H groups in total. The summed E-state index contributed by atoms with van der Waals surface area (Å²) in [6, 6.07) is 14.5. The van der Waals surface area contributed by atoms with Gasteiger partial charge in [0.1, 0.15) is 12.4 Å². The number of rotatable bonds is 8. The predicted octanol–water partition coefficient (Wildman–Crippen LogP) is 4.33. The molecule has 0 saturated carbocycles. The van der Waals surface area contributed by atoms with Crippen LogP contribution in [0.5, 0.6) is 5.75 Å². The first-order chi connectivity index (χ1) is 10.7. The number of hydrogen-bond donors (Lipinski definition) is 1. The molecule has 0 aliphatic heterocycles. The summed E-state index contributed by atoms with van der Waals surface area (Å²) in [6.45, 7) is 8.92. The lowest BCUT2D eigenvalue weighted by molar-refractivity contribution is 0.110.